The van der Waals surface area contributed by atoms with Crippen molar-refractivity contribution in [2.75, 3.05) is 0 Å². The molecule has 5 aliphatic rings. The minimum absolute atomic E-state index is 0.00877. The lowest BCUT2D eigenvalue weighted by Gasteiger charge is -2.47. The van der Waals surface area contributed by atoms with Crippen LogP contribution in [-0.4, -0.2) is 108 Å². The van der Waals surface area contributed by atoms with Gasteiger partial charge in [0.2, 0.25) is 18.6 Å². The Morgan fingerprint density at radius 1 is 0.896 bits per heavy atom. The third-order valence-corrected chi connectivity index (χ3v) is 13.1. The summed E-state index contributed by atoms with van der Waals surface area (Å²) in [5, 5.41) is 42.3. The number of carbonyl (C=O) groups is 4. The van der Waals surface area contributed by atoms with Crippen LogP contribution in [0.25, 0.3) is 0 Å². The van der Waals surface area contributed by atoms with Gasteiger partial charge in [-0.25, -0.2) is 4.79 Å². The first kappa shape index (κ1) is 32.8. The summed E-state index contributed by atoms with van der Waals surface area (Å²) in [4.78, 5) is 66.2. The van der Waals surface area contributed by atoms with E-state index in [0.29, 0.717) is 36.0 Å². The van der Waals surface area contributed by atoms with E-state index in [1.807, 2.05) is 25.7 Å². The van der Waals surface area contributed by atoms with Crippen LogP contribution in [0.1, 0.15) is 27.7 Å². The normalized spacial score (nSPS) is 31.1. The monoisotopic (exact) mass is 702 g/mol. The van der Waals surface area contributed by atoms with Gasteiger partial charge in [-0.3, -0.25) is 19.3 Å². The highest BCUT2D eigenvalue weighted by Gasteiger charge is 2.62. The molecule has 2 aromatic heterocycles. The number of thioether (sulfide) groups is 2. The first-order valence-corrected chi connectivity index (χ1v) is 17.7. The number of aliphatic hydroxyl groups excluding tert-OH is 2. The average Bonchev–Trinajstić information content (AvgIpc) is 3.82. The molecule has 1 saturated heterocycles. The van der Waals surface area contributed by atoms with Crippen LogP contribution in [0.15, 0.2) is 46.5 Å². The van der Waals surface area contributed by atoms with Crippen LogP contribution in [-0.2, 0) is 45.4 Å². The van der Waals surface area contributed by atoms with Gasteiger partial charge in [-0.05, 0) is 23.8 Å². The fourth-order valence-corrected chi connectivity index (χ4v) is 11.0. The van der Waals surface area contributed by atoms with E-state index in [9.17, 15) is 34.8 Å². The van der Waals surface area contributed by atoms with Gasteiger partial charge >= 0.3 is 24.6 Å². The van der Waals surface area contributed by atoms with Crippen molar-refractivity contribution in [2.24, 2.45) is 23.7 Å². The molecule has 256 valence electrons. The second-order valence-electron chi connectivity index (χ2n) is 13.3. The summed E-state index contributed by atoms with van der Waals surface area (Å²) < 4.78 is 7.67. The molecule has 18 heteroatoms. The number of hydrogen-bond acceptors (Lipinski definition) is 10. The minimum Gasteiger partial charge on any atom is -0.481 e. The Kier molecular flexibility index (Phi) is 8.19. The molecule has 0 aliphatic carbocycles. The summed E-state index contributed by atoms with van der Waals surface area (Å²) in [6, 6.07) is -1.78. The Bertz CT molecular complexity index is 1730. The summed E-state index contributed by atoms with van der Waals surface area (Å²) in [5.41, 5.74) is -0.338. The Morgan fingerprint density at radius 3 is 1.90 bits per heavy atom. The summed E-state index contributed by atoms with van der Waals surface area (Å²) in [5.74, 6) is -7.42. The standard InChI is InChI=1S/C30H36N8O8S2/c1-13-21-19(15(3)39)27(41)37(21)23(25(13)47-17-5-33-9-31-10-34(33)6-17)28(42)38-22(20(16(4)40)29(43)44)14(2)26(24(38)30(45)46)48-18-7-35-11-32-12-36(35)8-18/h9-22,39-40H,5-8H2,1-4H3/p+2/t13-,14-,15-,16-,19-,20?,21-,22?/m1/s1. The molecule has 2 unspecified atom stereocenters. The third-order valence-electron chi connectivity index (χ3n) is 10.2. The van der Waals surface area contributed by atoms with Gasteiger partial charge in [0.15, 0.2) is 0 Å². The second kappa shape index (κ2) is 12.0. The van der Waals surface area contributed by atoms with E-state index in [4.69, 9.17) is 0 Å². The van der Waals surface area contributed by atoms with Gasteiger partial charge in [0.25, 0.3) is 5.91 Å². The highest BCUT2D eigenvalue weighted by molar-refractivity contribution is 8.04. The van der Waals surface area contributed by atoms with Crippen molar-refractivity contribution in [3.05, 3.63) is 46.5 Å². The molecule has 2 amide bonds. The Hall–Kier alpha value is -3.74. The van der Waals surface area contributed by atoms with Crippen molar-refractivity contribution in [2.45, 2.75) is 88.7 Å². The molecule has 0 aromatic carbocycles. The predicted molar refractivity (Wildman–Crippen MR) is 167 cm³/mol. The number of nitrogens with zero attached hydrogens (tertiary/aromatic N) is 8. The van der Waals surface area contributed by atoms with Crippen molar-refractivity contribution in [1.29, 1.82) is 0 Å². The zero-order valence-corrected chi connectivity index (χ0v) is 28.4. The van der Waals surface area contributed by atoms with Crippen LogP contribution in [0.3, 0.4) is 0 Å². The second-order valence-corrected chi connectivity index (χ2v) is 16.0. The molecule has 8 atom stereocenters. The van der Waals surface area contributed by atoms with E-state index in [2.05, 4.69) is 9.97 Å². The summed E-state index contributed by atoms with van der Waals surface area (Å²) >= 11 is 2.72. The largest absolute Gasteiger partial charge is 0.481 e. The number of amides is 2. The van der Waals surface area contributed by atoms with Gasteiger partial charge < -0.3 is 25.3 Å². The highest BCUT2D eigenvalue weighted by Crippen LogP contribution is 2.54. The van der Waals surface area contributed by atoms with E-state index < -0.39 is 65.8 Å². The van der Waals surface area contributed by atoms with Gasteiger partial charge in [-0.1, -0.05) is 13.8 Å². The topological polar surface area (TPSA) is 199 Å². The van der Waals surface area contributed by atoms with Gasteiger partial charge in [-0.15, -0.1) is 23.5 Å². The number of aliphatic carboxylic acids is 2. The Labute approximate surface area is 283 Å². The third kappa shape index (κ3) is 4.97. The molecular weight excluding hydrogens is 665 g/mol. The molecule has 4 N–H and O–H groups in total. The van der Waals surface area contributed by atoms with Crippen LogP contribution in [0, 0.1) is 23.7 Å². The molecular formula is C30H38N8O8S2+2. The zero-order valence-electron chi connectivity index (χ0n) is 26.7. The predicted octanol–water partition coefficient (Wildman–Crippen LogP) is -1.12. The first-order chi connectivity index (χ1) is 22.8. The fourth-order valence-electron chi connectivity index (χ4n) is 8.07. The van der Waals surface area contributed by atoms with Crippen LogP contribution >= 0.6 is 23.5 Å². The average molecular weight is 703 g/mol. The number of carbonyl (C=O) groups excluding carboxylic acids is 2. The van der Waals surface area contributed by atoms with Crippen LogP contribution < -0.4 is 9.36 Å². The summed E-state index contributed by atoms with van der Waals surface area (Å²) in [6.45, 7) is 8.66. The molecule has 0 radical (unpaired) electrons. The molecule has 5 aliphatic heterocycles. The highest BCUT2D eigenvalue weighted by atomic mass is 32.2. The van der Waals surface area contributed by atoms with Crippen molar-refractivity contribution in [3.63, 3.8) is 0 Å². The van der Waals surface area contributed by atoms with Crippen molar-refractivity contribution in [1.82, 2.24) is 29.1 Å². The molecule has 48 heavy (non-hydrogen) atoms. The number of β-lactam (4-membered cyclic amide) rings is 1. The molecule has 0 bridgehead atoms. The van der Waals surface area contributed by atoms with Crippen LogP contribution in [0.5, 0.6) is 0 Å². The number of carboxylic acids is 2. The number of hydrogen-bond donors (Lipinski definition) is 4. The number of rotatable bonds is 10. The lowest BCUT2D eigenvalue weighted by Crippen LogP contribution is -2.64. The lowest BCUT2D eigenvalue weighted by atomic mass is 9.79. The first-order valence-electron chi connectivity index (χ1n) is 15.9. The maximum atomic E-state index is 15.1. The Balaban J connectivity index is 1.32. The lowest BCUT2D eigenvalue weighted by molar-refractivity contribution is -0.758. The maximum absolute atomic E-state index is 15.1. The maximum Gasteiger partial charge on any atom is 0.353 e. The van der Waals surface area contributed by atoms with Crippen LogP contribution in [0.4, 0.5) is 0 Å². The van der Waals surface area contributed by atoms with Crippen molar-refractivity contribution >= 4 is 47.3 Å². The SMILES string of the molecule is C[C@@H](O)C(C(=O)O)C1[C@@H](C)C(SC2Cn3cnc[n+]3C2)=C(C(=O)O)N1C(=O)C1=C(SC2Cn3cnc[n+]3C2)[C@H](C)[C@@H]2[C@@H]([C@@H](C)O)C(=O)N12. The molecule has 7 rings (SSSR count). The van der Waals surface area contributed by atoms with Crippen molar-refractivity contribution < 1.29 is 49.0 Å². The van der Waals surface area contributed by atoms with E-state index in [0.717, 1.165) is 4.90 Å². The number of aliphatic hydroxyl groups is 2. The number of fused-ring (bicyclic) bond motifs is 3. The van der Waals surface area contributed by atoms with Gasteiger partial charge in [-0.2, -0.15) is 18.7 Å². The minimum atomic E-state index is -1.53. The quantitative estimate of drug-likeness (QED) is 0.172. The number of aromatic nitrogens is 6. The van der Waals surface area contributed by atoms with Gasteiger partial charge in [0.05, 0.1) is 53.8 Å². The smallest absolute Gasteiger partial charge is 0.353 e. The molecule has 2 aromatic rings. The van der Waals surface area contributed by atoms with Crippen LogP contribution in [0.2, 0.25) is 0 Å². The molecule has 0 spiro atoms. The molecule has 7 heterocycles. The fraction of sp³-hybridized carbons (Fsp3) is 0.600. The summed E-state index contributed by atoms with van der Waals surface area (Å²) in [7, 11) is 0. The van der Waals surface area contributed by atoms with Gasteiger partial charge in [0, 0.05) is 21.6 Å². The molecule has 1 fully saturated rings. The van der Waals surface area contributed by atoms with E-state index in [-0.39, 0.29) is 27.8 Å². The zero-order chi connectivity index (χ0) is 34.3. The Morgan fingerprint density at radius 2 is 1.44 bits per heavy atom. The van der Waals surface area contributed by atoms with E-state index in [1.165, 1.54) is 42.3 Å². The van der Waals surface area contributed by atoms with E-state index in [1.54, 1.807) is 32.2 Å². The molecule has 16 nitrogen and oxygen atoms in total. The van der Waals surface area contributed by atoms with Crippen molar-refractivity contribution in [3.8, 4) is 0 Å². The molecule has 0 saturated carbocycles. The van der Waals surface area contributed by atoms with E-state index >= 15 is 4.79 Å². The van der Waals surface area contributed by atoms with Gasteiger partial charge in [0.1, 0.15) is 30.4 Å². The summed E-state index contributed by atoms with van der Waals surface area (Å²) in [6.07, 6.45) is 4.35. The number of carboxylic acid groups (broad SMARTS) is 2.